The van der Waals surface area contributed by atoms with Crippen molar-refractivity contribution in [1.82, 2.24) is 9.97 Å². The fraction of sp³-hybridized carbons (Fsp3) is 0.692. The van der Waals surface area contributed by atoms with Gasteiger partial charge in [-0.2, -0.15) is 0 Å². The van der Waals surface area contributed by atoms with Gasteiger partial charge in [-0.1, -0.05) is 11.6 Å². The molecule has 1 aromatic heterocycles. The van der Waals surface area contributed by atoms with Crippen LogP contribution in [0.4, 0.5) is 0 Å². The maximum atomic E-state index is 6.28. The number of ether oxygens (including phenoxy) is 1. The van der Waals surface area contributed by atoms with Gasteiger partial charge in [0.2, 0.25) is 0 Å². The Morgan fingerprint density at radius 3 is 2.76 bits per heavy atom. The minimum atomic E-state index is -0.323. The molecule has 2 heterocycles. The quantitative estimate of drug-likeness (QED) is 0.721. The first-order valence-corrected chi connectivity index (χ1v) is 6.76. The van der Waals surface area contributed by atoms with Crippen molar-refractivity contribution in [1.29, 1.82) is 0 Å². The number of rotatable bonds is 1. The molecule has 1 fully saturated rings. The predicted octanol–water partition coefficient (Wildman–Crippen LogP) is 3.03. The lowest BCUT2D eigenvalue weighted by atomic mass is 9.96. The number of fused-ring (bicyclic) bond motifs is 1. The lowest BCUT2D eigenvalue weighted by Crippen LogP contribution is -2.25. The summed E-state index contributed by atoms with van der Waals surface area (Å²) in [5.41, 5.74) is 1.97. The lowest BCUT2D eigenvalue weighted by Gasteiger charge is -2.24. The Labute approximate surface area is 107 Å². The van der Waals surface area contributed by atoms with Crippen LogP contribution in [-0.4, -0.2) is 16.6 Å². The van der Waals surface area contributed by atoms with Gasteiger partial charge in [0.1, 0.15) is 10.8 Å². The van der Waals surface area contributed by atoms with Crippen molar-refractivity contribution in [3.8, 4) is 0 Å². The third-order valence-electron chi connectivity index (χ3n) is 3.82. The van der Waals surface area contributed by atoms with Crippen LogP contribution in [-0.2, 0) is 23.2 Å². The summed E-state index contributed by atoms with van der Waals surface area (Å²) in [5.74, 6) is 0.778. The van der Waals surface area contributed by atoms with Crippen LogP contribution >= 0.6 is 11.6 Å². The highest BCUT2D eigenvalue weighted by molar-refractivity contribution is 6.30. The van der Waals surface area contributed by atoms with Gasteiger partial charge in [-0.15, -0.1) is 0 Å². The van der Waals surface area contributed by atoms with Crippen molar-refractivity contribution in [3.63, 3.8) is 0 Å². The van der Waals surface area contributed by atoms with Gasteiger partial charge in [0.15, 0.2) is 5.82 Å². The number of aryl methyl sites for hydroxylation is 1. The highest BCUT2D eigenvalue weighted by atomic mass is 35.5. The summed E-state index contributed by atoms with van der Waals surface area (Å²) in [6.45, 7) is 2.87. The molecule has 17 heavy (non-hydrogen) atoms. The predicted molar refractivity (Wildman–Crippen MR) is 66.2 cm³/mol. The molecule has 3 nitrogen and oxygen atoms in total. The van der Waals surface area contributed by atoms with Gasteiger partial charge in [0.25, 0.3) is 0 Å². The SMILES string of the molecule is CC1(c2nc(Cl)c3c(n2)CCCC3)CCCO1. The Bertz CT molecular complexity index is 441. The van der Waals surface area contributed by atoms with Crippen molar-refractivity contribution in [3.05, 3.63) is 22.2 Å². The molecule has 0 saturated carbocycles. The smallest absolute Gasteiger partial charge is 0.161 e. The first-order valence-electron chi connectivity index (χ1n) is 6.39. The zero-order valence-corrected chi connectivity index (χ0v) is 10.9. The zero-order chi connectivity index (χ0) is 11.9. The highest BCUT2D eigenvalue weighted by Gasteiger charge is 2.36. The van der Waals surface area contributed by atoms with Crippen LogP contribution in [0.3, 0.4) is 0 Å². The molecule has 1 atom stereocenters. The Hall–Kier alpha value is -0.670. The number of hydrogen-bond donors (Lipinski definition) is 0. The van der Waals surface area contributed by atoms with E-state index in [0.717, 1.165) is 49.4 Å². The first-order chi connectivity index (χ1) is 8.19. The summed E-state index contributed by atoms with van der Waals surface area (Å²) >= 11 is 6.28. The number of aromatic nitrogens is 2. The molecule has 0 amide bonds. The third kappa shape index (κ3) is 1.95. The molecular weight excluding hydrogens is 236 g/mol. The molecule has 0 radical (unpaired) electrons. The van der Waals surface area contributed by atoms with E-state index in [0.29, 0.717) is 5.15 Å². The molecule has 1 aliphatic heterocycles. The molecule has 0 N–H and O–H groups in total. The molecule has 3 rings (SSSR count). The molecule has 4 heteroatoms. The summed E-state index contributed by atoms with van der Waals surface area (Å²) < 4.78 is 5.79. The molecule has 0 bridgehead atoms. The molecule has 1 unspecified atom stereocenters. The van der Waals surface area contributed by atoms with E-state index in [1.807, 2.05) is 0 Å². The summed E-state index contributed by atoms with van der Waals surface area (Å²) in [7, 11) is 0. The van der Waals surface area contributed by atoms with Gasteiger partial charge in [0, 0.05) is 17.9 Å². The molecule has 1 saturated heterocycles. The van der Waals surface area contributed by atoms with E-state index in [1.54, 1.807) is 0 Å². The molecular formula is C13H17ClN2O. The normalized spacial score (nSPS) is 28.1. The van der Waals surface area contributed by atoms with Crippen LogP contribution in [0.5, 0.6) is 0 Å². The van der Waals surface area contributed by atoms with Crippen molar-refractivity contribution in [2.24, 2.45) is 0 Å². The largest absolute Gasteiger partial charge is 0.367 e. The third-order valence-corrected chi connectivity index (χ3v) is 4.14. The van der Waals surface area contributed by atoms with E-state index in [1.165, 1.54) is 12.8 Å². The second-order valence-electron chi connectivity index (χ2n) is 5.15. The van der Waals surface area contributed by atoms with Crippen LogP contribution in [0.25, 0.3) is 0 Å². The van der Waals surface area contributed by atoms with Crippen LogP contribution in [0.15, 0.2) is 0 Å². The van der Waals surface area contributed by atoms with Gasteiger partial charge in [-0.3, -0.25) is 0 Å². The average molecular weight is 253 g/mol. The van der Waals surface area contributed by atoms with E-state index >= 15 is 0 Å². The van der Waals surface area contributed by atoms with E-state index in [9.17, 15) is 0 Å². The van der Waals surface area contributed by atoms with Gasteiger partial charge in [0.05, 0.1) is 0 Å². The second-order valence-corrected chi connectivity index (χ2v) is 5.51. The standard InChI is InChI=1S/C13H17ClN2O/c1-13(7-4-8-17-13)12-15-10-6-3-2-5-9(10)11(14)16-12/h2-8H2,1H3. The first kappa shape index (κ1) is 11.4. The molecule has 1 aromatic rings. The Morgan fingerprint density at radius 1 is 1.18 bits per heavy atom. The Kier molecular flexibility index (Phi) is 2.83. The van der Waals surface area contributed by atoms with Crippen LogP contribution < -0.4 is 0 Å². The molecule has 0 aromatic carbocycles. The summed E-state index contributed by atoms with van der Waals surface area (Å²) in [5, 5.41) is 0.640. The molecule has 0 spiro atoms. The maximum Gasteiger partial charge on any atom is 0.161 e. The summed E-state index contributed by atoms with van der Waals surface area (Å²) in [6.07, 6.45) is 6.52. The fourth-order valence-corrected chi connectivity index (χ4v) is 3.02. The van der Waals surface area contributed by atoms with Crippen LogP contribution in [0, 0.1) is 0 Å². The zero-order valence-electron chi connectivity index (χ0n) is 10.1. The van der Waals surface area contributed by atoms with Crippen LogP contribution in [0.2, 0.25) is 5.15 Å². The number of hydrogen-bond acceptors (Lipinski definition) is 3. The highest BCUT2D eigenvalue weighted by Crippen LogP contribution is 2.35. The van der Waals surface area contributed by atoms with Crippen molar-refractivity contribution in [2.75, 3.05) is 6.61 Å². The van der Waals surface area contributed by atoms with Crippen LogP contribution in [0.1, 0.15) is 49.7 Å². The number of nitrogens with zero attached hydrogens (tertiary/aromatic N) is 2. The maximum absolute atomic E-state index is 6.28. The Balaban J connectivity index is 2.04. The van der Waals surface area contributed by atoms with Crippen molar-refractivity contribution in [2.45, 2.75) is 51.0 Å². The lowest BCUT2D eigenvalue weighted by molar-refractivity contribution is 0.00908. The van der Waals surface area contributed by atoms with E-state index in [-0.39, 0.29) is 5.60 Å². The number of halogens is 1. The minimum Gasteiger partial charge on any atom is -0.367 e. The fourth-order valence-electron chi connectivity index (χ4n) is 2.74. The van der Waals surface area contributed by atoms with Gasteiger partial charge >= 0.3 is 0 Å². The van der Waals surface area contributed by atoms with Gasteiger partial charge in [-0.25, -0.2) is 9.97 Å². The second kappa shape index (κ2) is 4.21. The van der Waals surface area contributed by atoms with Gasteiger partial charge < -0.3 is 4.74 Å². The molecule has 2 aliphatic rings. The summed E-state index contributed by atoms with van der Waals surface area (Å²) in [4.78, 5) is 9.18. The van der Waals surface area contributed by atoms with E-state index in [2.05, 4.69) is 11.9 Å². The Morgan fingerprint density at radius 2 is 2.00 bits per heavy atom. The van der Waals surface area contributed by atoms with Crippen molar-refractivity contribution >= 4 is 11.6 Å². The minimum absolute atomic E-state index is 0.323. The van der Waals surface area contributed by atoms with E-state index < -0.39 is 0 Å². The average Bonchev–Trinajstić information content (AvgIpc) is 2.78. The van der Waals surface area contributed by atoms with Crippen molar-refractivity contribution < 1.29 is 4.74 Å². The monoisotopic (exact) mass is 252 g/mol. The van der Waals surface area contributed by atoms with Gasteiger partial charge in [-0.05, 0) is 45.4 Å². The molecule has 92 valence electrons. The summed E-state index contributed by atoms with van der Waals surface area (Å²) in [6, 6.07) is 0. The topological polar surface area (TPSA) is 35.0 Å². The molecule has 1 aliphatic carbocycles. The van der Waals surface area contributed by atoms with E-state index in [4.69, 9.17) is 21.3 Å².